The number of rotatable bonds is 4. The summed E-state index contributed by atoms with van der Waals surface area (Å²) < 4.78 is 38.0. The molecule has 8 heteroatoms. The number of nitrogens with zero attached hydrogens (tertiary/aromatic N) is 3. The Labute approximate surface area is 176 Å². The fourth-order valence-electron chi connectivity index (χ4n) is 3.42. The molecule has 2 heterocycles. The van der Waals surface area contributed by atoms with E-state index < -0.39 is 11.7 Å². The molecule has 3 aromatic rings. The number of carbonyl (C=O) groups excluding carboxylic acids is 1. The summed E-state index contributed by atoms with van der Waals surface area (Å²) in [4.78, 5) is 21.3. The number of benzene rings is 2. The Morgan fingerprint density at radius 3 is 2.37 bits per heavy atom. The van der Waals surface area contributed by atoms with E-state index in [1.165, 1.54) is 23.2 Å². The summed E-state index contributed by atoms with van der Waals surface area (Å²) in [5, 5.41) is 2.31. The first-order chi connectivity index (χ1) is 14.4. The average molecular weight is 431 g/mol. The molecule has 4 rings (SSSR count). The van der Waals surface area contributed by atoms with E-state index in [1.807, 2.05) is 23.1 Å². The zero-order valence-corrected chi connectivity index (χ0v) is 16.9. The van der Waals surface area contributed by atoms with Crippen LogP contribution in [0.15, 0.2) is 65.7 Å². The molecule has 0 aliphatic carbocycles. The standard InChI is InChI=1S/C22H20F3N3OS/c23-22(24,25)18-6-8-20(26-14-18)27-9-11-28(12-10-27)21(29)15-30-19-7-5-16-3-1-2-4-17(16)13-19/h1-8,13-14H,9-12,15H2. The molecule has 0 N–H and O–H groups in total. The van der Waals surface area contributed by atoms with Crippen molar-refractivity contribution in [1.82, 2.24) is 9.88 Å². The SMILES string of the molecule is O=C(CSc1ccc2ccccc2c1)N1CCN(c2ccc(C(F)(F)F)cn2)CC1. The first kappa shape index (κ1) is 20.5. The van der Waals surface area contributed by atoms with Crippen molar-refractivity contribution in [2.24, 2.45) is 0 Å². The molecular weight excluding hydrogens is 411 g/mol. The van der Waals surface area contributed by atoms with Crippen molar-refractivity contribution in [3.63, 3.8) is 0 Å². The minimum absolute atomic E-state index is 0.0631. The molecule has 2 aromatic carbocycles. The van der Waals surface area contributed by atoms with Crippen LogP contribution < -0.4 is 4.90 Å². The molecule has 156 valence electrons. The molecule has 1 aromatic heterocycles. The Kier molecular flexibility index (Phi) is 5.85. The third-order valence-corrected chi connectivity index (χ3v) is 6.09. The number of hydrogen-bond donors (Lipinski definition) is 0. The monoisotopic (exact) mass is 431 g/mol. The highest BCUT2D eigenvalue weighted by atomic mass is 32.2. The number of alkyl halides is 3. The van der Waals surface area contributed by atoms with Crippen LogP contribution in [0.1, 0.15) is 5.56 Å². The van der Waals surface area contributed by atoms with Crippen molar-refractivity contribution in [3.05, 3.63) is 66.4 Å². The van der Waals surface area contributed by atoms with Crippen molar-refractivity contribution in [2.75, 3.05) is 36.8 Å². The van der Waals surface area contributed by atoms with Crippen LogP contribution in [0.4, 0.5) is 19.0 Å². The number of anilines is 1. The van der Waals surface area contributed by atoms with Gasteiger partial charge in [0.1, 0.15) is 5.82 Å². The number of carbonyl (C=O) groups is 1. The van der Waals surface area contributed by atoms with Crippen LogP contribution in [0.2, 0.25) is 0 Å². The lowest BCUT2D eigenvalue weighted by Crippen LogP contribution is -2.49. The van der Waals surface area contributed by atoms with Gasteiger partial charge in [0.05, 0.1) is 11.3 Å². The maximum atomic E-state index is 12.7. The van der Waals surface area contributed by atoms with Crippen molar-refractivity contribution in [2.45, 2.75) is 11.1 Å². The first-order valence-corrected chi connectivity index (χ1v) is 10.6. The van der Waals surface area contributed by atoms with E-state index in [1.54, 1.807) is 4.90 Å². The second kappa shape index (κ2) is 8.55. The topological polar surface area (TPSA) is 36.4 Å². The van der Waals surface area contributed by atoms with E-state index in [2.05, 4.69) is 29.2 Å². The molecule has 0 bridgehead atoms. The van der Waals surface area contributed by atoms with E-state index in [9.17, 15) is 18.0 Å². The summed E-state index contributed by atoms with van der Waals surface area (Å²) in [5.41, 5.74) is -0.759. The van der Waals surface area contributed by atoms with Crippen LogP contribution in [-0.4, -0.2) is 47.7 Å². The molecule has 0 saturated carbocycles. The van der Waals surface area contributed by atoms with Crippen molar-refractivity contribution >= 4 is 34.3 Å². The Balaban J connectivity index is 1.29. The third-order valence-electron chi connectivity index (χ3n) is 5.11. The Morgan fingerprint density at radius 2 is 1.70 bits per heavy atom. The number of thioether (sulfide) groups is 1. The lowest BCUT2D eigenvalue weighted by Gasteiger charge is -2.35. The van der Waals surface area contributed by atoms with Crippen LogP contribution in [0.3, 0.4) is 0 Å². The molecule has 1 fully saturated rings. The highest BCUT2D eigenvalue weighted by molar-refractivity contribution is 8.00. The maximum absolute atomic E-state index is 12.7. The molecule has 0 unspecified atom stereocenters. The van der Waals surface area contributed by atoms with Crippen molar-refractivity contribution in [1.29, 1.82) is 0 Å². The highest BCUT2D eigenvalue weighted by Crippen LogP contribution is 2.29. The lowest BCUT2D eigenvalue weighted by molar-refractivity contribution is -0.137. The van der Waals surface area contributed by atoms with Gasteiger partial charge in [-0.05, 0) is 35.0 Å². The summed E-state index contributed by atoms with van der Waals surface area (Å²) in [6.07, 6.45) is -3.54. The van der Waals surface area contributed by atoms with Gasteiger partial charge < -0.3 is 9.80 Å². The minimum Gasteiger partial charge on any atom is -0.353 e. The fourth-order valence-corrected chi connectivity index (χ4v) is 4.27. The van der Waals surface area contributed by atoms with Crippen LogP contribution in [0.25, 0.3) is 10.8 Å². The summed E-state index contributed by atoms with van der Waals surface area (Å²) in [6, 6.07) is 16.7. The van der Waals surface area contributed by atoms with Gasteiger partial charge in [-0.2, -0.15) is 13.2 Å². The Morgan fingerprint density at radius 1 is 0.967 bits per heavy atom. The van der Waals surface area contributed by atoms with Crippen LogP contribution in [0, 0.1) is 0 Å². The summed E-state index contributed by atoms with van der Waals surface area (Å²) in [7, 11) is 0. The molecule has 1 aliphatic rings. The van der Waals surface area contributed by atoms with E-state index >= 15 is 0 Å². The minimum atomic E-state index is -4.39. The number of aromatic nitrogens is 1. The van der Waals surface area contributed by atoms with Gasteiger partial charge in [0.15, 0.2) is 0 Å². The van der Waals surface area contributed by atoms with Gasteiger partial charge in [-0.25, -0.2) is 4.98 Å². The molecule has 4 nitrogen and oxygen atoms in total. The van der Waals surface area contributed by atoms with Gasteiger partial charge >= 0.3 is 6.18 Å². The Bertz CT molecular complexity index is 1030. The number of halogens is 3. The largest absolute Gasteiger partial charge is 0.417 e. The zero-order valence-electron chi connectivity index (χ0n) is 16.1. The van der Waals surface area contributed by atoms with Gasteiger partial charge in [0.25, 0.3) is 0 Å². The molecule has 1 amide bonds. The van der Waals surface area contributed by atoms with Gasteiger partial charge in [-0.3, -0.25) is 4.79 Å². The van der Waals surface area contributed by atoms with E-state index in [4.69, 9.17) is 0 Å². The predicted octanol–water partition coefficient (Wildman–Crippen LogP) is 4.69. The number of pyridine rings is 1. The summed E-state index contributed by atoms with van der Waals surface area (Å²) >= 11 is 1.51. The van der Waals surface area contributed by atoms with Gasteiger partial charge in [0, 0.05) is 37.3 Å². The molecule has 0 atom stereocenters. The maximum Gasteiger partial charge on any atom is 0.417 e. The lowest BCUT2D eigenvalue weighted by atomic mass is 10.1. The van der Waals surface area contributed by atoms with Crippen LogP contribution in [-0.2, 0) is 11.0 Å². The summed E-state index contributed by atoms with van der Waals surface area (Å²) in [6.45, 7) is 2.15. The molecule has 0 spiro atoms. The first-order valence-electron chi connectivity index (χ1n) is 9.58. The van der Waals surface area contributed by atoms with E-state index in [0.29, 0.717) is 37.7 Å². The fraction of sp³-hybridized carbons (Fsp3) is 0.273. The normalized spacial score (nSPS) is 14.9. The van der Waals surface area contributed by atoms with E-state index in [-0.39, 0.29) is 5.91 Å². The third kappa shape index (κ3) is 4.70. The summed E-state index contributed by atoms with van der Waals surface area (Å²) in [5.74, 6) is 0.922. The van der Waals surface area contributed by atoms with E-state index in [0.717, 1.165) is 22.5 Å². The van der Waals surface area contributed by atoms with Crippen molar-refractivity contribution in [3.8, 4) is 0 Å². The molecular formula is C22H20F3N3OS. The van der Waals surface area contributed by atoms with Gasteiger partial charge in [0.2, 0.25) is 5.91 Å². The number of piperazine rings is 1. The molecule has 1 saturated heterocycles. The van der Waals surface area contributed by atoms with Crippen LogP contribution >= 0.6 is 11.8 Å². The second-order valence-electron chi connectivity index (χ2n) is 7.07. The number of hydrogen-bond acceptors (Lipinski definition) is 4. The molecule has 30 heavy (non-hydrogen) atoms. The van der Waals surface area contributed by atoms with Crippen LogP contribution in [0.5, 0.6) is 0 Å². The zero-order chi connectivity index (χ0) is 21.1. The number of amides is 1. The second-order valence-corrected chi connectivity index (χ2v) is 8.12. The highest BCUT2D eigenvalue weighted by Gasteiger charge is 2.31. The van der Waals surface area contributed by atoms with Gasteiger partial charge in [-0.1, -0.05) is 30.3 Å². The van der Waals surface area contributed by atoms with Crippen molar-refractivity contribution < 1.29 is 18.0 Å². The number of fused-ring (bicyclic) bond motifs is 1. The quantitative estimate of drug-likeness (QED) is 0.562. The van der Waals surface area contributed by atoms with Gasteiger partial charge in [-0.15, -0.1) is 11.8 Å². The molecule has 1 aliphatic heterocycles. The molecule has 0 radical (unpaired) electrons. The predicted molar refractivity (Wildman–Crippen MR) is 113 cm³/mol. The average Bonchev–Trinajstić information content (AvgIpc) is 2.77. The Hall–Kier alpha value is -2.74. The smallest absolute Gasteiger partial charge is 0.353 e.